The van der Waals surface area contributed by atoms with Crippen molar-refractivity contribution in [3.05, 3.63) is 36.5 Å². The molecule has 90 valence electrons. The minimum atomic E-state index is -4.95. The quantitative estimate of drug-likeness (QED) is 0.826. The number of aromatic nitrogens is 2. The van der Waals surface area contributed by atoms with E-state index in [-0.39, 0.29) is 11.3 Å². The van der Waals surface area contributed by atoms with Gasteiger partial charge in [-0.1, -0.05) is 6.07 Å². The number of hydrogen-bond donors (Lipinski definition) is 1. The Morgan fingerprint density at radius 2 is 2.00 bits per heavy atom. The highest BCUT2D eigenvalue weighted by Gasteiger charge is 2.33. The summed E-state index contributed by atoms with van der Waals surface area (Å²) < 4.78 is 53.4. The molecule has 1 N–H and O–H groups in total. The van der Waals surface area contributed by atoms with Crippen LogP contribution < -0.4 is 4.74 Å². The predicted octanol–water partition coefficient (Wildman–Crippen LogP) is 3.11. The van der Waals surface area contributed by atoms with Crippen LogP contribution in [-0.4, -0.2) is 16.3 Å². The molecule has 0 bridgehead atoms. The highest BCUT2D eigenvalue weighted by molar-refractivity contribution is 5.66. The number of H-pyrrole nitrogens is 1. The number of nitrogens with one attached hydrogen (secondary N) is 1. The molecule has 3 nitrogen and oxygen atoms in total. The van der Waals surface area contributed by atoms with Crippen LogP contribution in [-0.2, 0) is 0 Å². The molecule has 0 aliphatic rings. The fourth-order valence-electron chi connectivity index (χ4n) is 1.34. The van der Waals surface area contributed by atoms with Gasteiger partial charge in [0.05, 0.1) is 18.2 Å². The molecule has 0 aliphatic heterocycles. The highest BCUT2D eigenvalue weighted by atomic mass is 19.4. The molecular weight excluding hydrogens is 240 g/mol. The van der Waals surface area contributed by atoms with Crippen LogP contribution in [0.2, 0.25) is 0 Å². The van der Waals surface area contributed by atoms with Gasteiger partial charge in [-0.2, -0.15) is 0 Å². The Kier molecular flexibility index (Phi) is 2.74. The van der Waals surface area contributed by atoms with Gasteiger partial charge in [-0.15, -0.1) is 13.2 Å². The number of benzene rings is 1. The second-order valence-corrected chi connectivity index (χ2v) is 3.13. The molecule has 0 aliphatic carbocycles. The lowest BCUT2D eigenvalue weighted by Crippen LogP contribution is -2.18. The number of imidazole rings is 1. The van der Waals surface area contributed by atoms with E-state index in [0.717, 1.165) is 6.07 Å². The molecule has 2 aromatic rings. The number of aromatic amines is 1. The monoisotopic (exact) mass is 246 g/mol. The van der Waals surface area contributed by atoms with Crippen LogP contribution >= 0.6 is 0 Å². The van der Waals surface area contributed by atoms with Gasteiger partial charge in [0, 0.05) is 5.56 Å². The highest BCUT2D eigenvalue weighted by Crippen LogP contribution is 2.34. The third-order valence-electron chi connectivity index (χ3n) is 1.97. The summed E-state index contributed by atoms with van der Waals surface area (Å²) in [5, 5.41) is 0. The molecule has 0 saturated heterocycles. The number of halogens is 4. The topological polar surface area (TPSA) is 37.9 Å². The van der Waals surface area contributed by atoms with Gasteiger partial charge in [0.2, 0.25) is 0 Å². The zero-order valence-corrected chi connectivity index (χ0v) is 8.25. The molecular formula is C10H6F4N2O. The Morgan fingerprint density at radius 1 is 1.24 bits per heavy atom. The van der Waals surface area contributed by atoms with Gasteiger partial charge in [-0.3, -0.25) is 0 Å². The van der Waals surface area contributed by atoms with E-state index in [0.29, 0.717) is 0 Å². The number of rotatable bonds is 2. The van der Waals surface area contributed by atoms with Gasteiger partial charge < -0.3 is 9.72 Å². The average molecular weight is 246 g/mol. The van der Waals surface area contributed by atoms with Crippen LogP contribution in [0.25, 0.3) is 11.3 Å². The van der Waals surface area contributed by atoms with Gasteiger partial charge >= 0.3 is 6.36 Å². The molecule has 1 aromatic carbocycles. The molecule has 0 spiro atoms. The number of hydrogen-bond acceptors (Lipinski definition) is 2. The zero-order valence-electron chi connectivity index (χ0n) is 8.25. The first-order valence-electron chi connectivity index (χ1n) is 4.50. The average Bonchev–Trinajstić information content (AvgIpc) is 2.72. The predicted molar refractivity (Wildman–Crippen MR) is 50.7 cm³/mol. The SMILES string of the molecule is Fc1cccc(-c2cnc[nH]2)c1OC(F)(F)F. The Labute approximate surface area is 93.1 Å². The molecule has 0 radical (unpaired) electrons. The summed E-state index contributed by atoms with van der Waals surface area (Å²) in [6.45, 7) is 0. The van der Waals surface area contributed by atoms with E-state index in [1.807, 2.05) is 0 Å². The Hall–Kier alpha value is -2.05. The van der Waals surface area contributed by atoms with Crippen LogP contribution in [0.15, 0.2) is 30.7 Å². The van der Waals surface area contributed by atoms with E-state index in [1.165, 1.54) is 24.7 Å². The largest absolute Gasteiger partial charge is 0.573 e. The summed E-state index contributed by atoms with van der Waals surface area (Å²) >= 11 is 0. The van der Waals surface area contributed by atoms with E-state index in [1.54, 1.807) is 0 Å². The fourth-order valence-corrected chi connectivity index (χ4v) is 1.34. The summed E-state index contributed by atoms with van der Waals surface area (Å²) in [5.74, 6) is -1.96. The van der Waals surface area contributed by atoms with Gasteiger partial charge in [-0.05, 0) is 12.1 Å². The van der Waals surface area contributed by atoms with Crippen molar-refractivity contribution in [2.45, 2.75) is 6.36 Å². The van der Waals surface area contributed by atoms with Gasteiger partial charge in [0.1, 0.15) is 0 Å². The van der Waals surface area contributed by atoms with Crippen molar-refractivity contribution in [2.75, 3.05) is 0 Å². The summed E-state index contributed by atoms with van der Waals surface area (Å²) in [4.78, 5) is 6.23. The molecule has 0 unspecified atom stereocenters. The summed E-state index contributed by atoms with van der Waals surface area (Å²) in [6.07, 6.45) is -2.40. The molecule has 0 fully saturated rings. The fraction of sp³-hybridized carbons (Fsp3) is 0.100. The van der Waals surface area contributed by atoms with Crippen molar-refractivity contribution < 1.29 is 22.3 Å². The van der Waals surface area contributed by atoms with Crippen molar-refractivity contribution in [1.29, 1.82) is 0 Å². The molecule has 2 rings (SSSR count). The van der Waals surface area contributed by atoms with E-state index >= 15 is 0 Å². The first-order valence-corrected chi connectivity index (χ1v) is 4.50. The van der Waals surface area contributed by atoms with Gasteiger partial charge in [0.15, 0.2) is 11.6 Å². The molecule has 1 aromatic heterocycles. The van der Waals surface area contributed by atoms with Crippen LogP contribution in [0.1, 0.15) is 0 Å². The van der Waals surface area contributed by atoms with Crippen LogP contribution in [0.4, 0.5) is 17.6 Å². The molecule has 7 heteroatoms. The normalized spacial score (nSPS) is 11.5. The van der Waals surface area contributed by atoms with Crippen molar-refractivity contribution in [1.82, 2.24) is 9.97 Å². The maximum absolute atomic E-state index is 13.3. The number of alkyl halides is 3. The lowest BCUT2D eigenvalue weighted by molar-refractivity contribution is -0.275. The Morgan fingerprint density at radius 3 is 2.59 bits per heavy atom. The maximum atomic E-state index is 13.3. The van der Waals surface area contributed by atoms with Gasteiger partial charge in [-0.25, -0.2) is 9.37 Å². The Bertz CT molecular complexity index is 508. The third-order valence-corrected chi connectivity index (χ3v) is 1.97. The number of ether oxygens (including phenoxy) is 1. The first kappa shape index (κ1) is 11.4. The summed E-state index contributed by atoms with van der Waals surface area (Å²) in [7, 11) is 0. The van der Waals surface area contributed by atoms with Crippen LogP contribution in [0, 0.1) is 5.82 Å². The van der Waals surface area contributed by atoms with Crippen LogP contribution in [0.5, 0.6) is 5.75 Å². The standard InChI is InChI=1S/C10H6F4N2O/c11-7-3-1-2-6(8-4-15-5-16-8)9(7)17-10(12,13)14/h1-5H,(H,15,16). The van der Waals surface area contributed by atoms with E-state index in [2.05, 4.69) is 14.7 Å². The molecule has 1 heterocycles. The molecule has 17 heavy (non-hydrogen) atoms. The number of nitrogens with zero attached hydrogens (tertiary/aromatic N) is 1. The lowest BCUT2D eigenvalue weighted by Gasteiger charge is -2.12. The lowest BCUT2D eigenvalue weighted by atomic mass is 10.1. The van der Waals surface area contributed by atoms with Gasteiger partial charge in [0.25, 0.3) is 0 Å². The third kappa shape index (κ3) is 2.55. The maximum Gasteiger partial charge on any atom is 0.573 e. The number of para-hydroxylation sites is 1. The molecule has 0 atom stereocenters. The van der Waals surface area contributed by atoms with Crippen molar-refractivity contribution in [2.24, 2.45) is 0 Å². The van der Waals surface area contributed by atoms with Crippen molar-refractivity contribution in [3.63, 3.8) is 0 Å². The second kappa shape index (κ2) is 4.08. The van der Waals surface area contributed by atoms with Crippen molar-refractivity contribution >= 4 is 0 Å². The minimum absolute atomic E-state index is 0.0418. The first-order chi connectivity index (χ1) is 7.97. The molecule has 0 amide bonds. The van der Waals surface area contributed by atoms with E-state index < -0.39 is 17.9 Å². The van der Waals surface area contributed by atoms with E-state index in [4.69, 9.17) is 0 Å². The smallest absolute Gasteiger partial charge is 0.402 e. The Balaban J connectivity index is 2.49. The van der Waals surface area contributed by atoms with Crippen LogP contribution in [0.3, 0.4) is 0 Å². The summed E-state index contributed by atoms with van der Waals surface area (Å²) in [5.41, 5.74) is 0.198. The minimum Gasteiger partial charge on any atom is -0.402 e. The van der Waals surface area contributed by atoms with E-state index in [9.17, 15) is 17.6 Å². The van der Waals surface area contributed by atoms with Crippen molar-refractivity contribution in [3.8, 4) is 17.0 Å². The second-order valence-electron chi connectivity index (χ2n) is 3.13. The molecule has 0 saturated carbocycles. The zero-order chi connectivity index (χ0) is 12.5. The summed E-state index contributed by atoms with van der Waals surface area (Å²) in [6, 6.07) is 3.48.